The van der Waals surface area contributed by atoms with Gasteiger partial charge in [-0.3, -0.25) is 4.72 Å². The van der Waals surface area contributed by atoms with Gasteiger partial charge in [0.15, 0.2) is 0 Å². The van der Waals surface area contributed by atoms with Crippen molar-refractivity contribution in [3.05, 3.63) is 22.7 Å². The Balaban J connectivity index is 1.98. The number of aryl methyl sites for hydroxylation is 1. The van der Waals surface area contributed by atoms with Crippen molar-refractivity contribution in [3.63, 3.8) is 0 Å². The first-order valence-corrected chi connectivity index (χ1v) is 11.2. The van der Waals surface area contributed by atoms with Gasteiger partial charge in [0.05, 0.1) is 12.3 Å². The zero-order chi connectivity index (χ0) is 22.8. The topological polar surface area (TPSA) is 126 Å². The molecule has 2 aromatic rings. The Morgan fingerprint density at radius 2 is 2.06 bits per heavy atom. The van der Waals surface area contributed by atoms with Crippen LogP contribution in [0.5, 0.6) is 0 Å². The van der Waals surface area contributed by atoms with Crippen LogP contribution < -0.4 is 9.62 Å². The number of hydrogen-bond acceptors (Lipinski definition) is 10. The van der Waals surface area contributed by atoms with Crippen LogP contribution in [0.4, 0.5) is 35.4 Å². The van der Waals surface area contributed by atoms with E-state index in [1.807, 2.05) is 4.90 Å². The lowest BCUT2D eigenvalue weighted by molar-refractivity contribution is -0.0429. The van der Waals surface area contributed by atoms with Gasteiger partial charge in [0.1, 0.15) is 5.69 Å². The van der Waals surface area contributed by atoms with E-state index in [0.29, 0.717) is 18.7 Å². The van der Waals surface area contributed by atoms with Gasteiger partial charge < -0.3 is 9.64 Å². The molecule has 1 aromatic heterocycles. The number of nitrogens with one attached hydrogen (secondary N) is 1. The molecule has 10 nitrogen and oxygen atoms in total. The normalized spacial score (nSPS) is 14.5. The van der Waals surface area contributed by atoms with E-state index < -0.39 is 21.5 Å². The number of azo groups is 1. The van der Waals surface area contributed by atoms with E-state index in [0.717, 1.165) is 23.3 Å². The maximum absolute atomic E-state index is 12.9. The first-order chi connectivity index (χ1) is 14.5. The molecule has 15 heteroatoms. The molecular weight excluding hydrogens is 461 g/mol. The fourth-order valence-electron chi connectivity index (χ4n) is 2.80. The number of benzene rings is 1. The molecule has 2 heterocycles. The Morgan fingerprint density at radius 3 is 2.74 bits per heavy atom. The van der Waals surface area contributed by atoms with Crippen LogP contribution >= 0.6 is 11.3 Å². The van der Waals surface area contributed by atoms with E-state index in [1.165, 1.54) is 16.9 Å². The van der Waals surface area contributed by atoms with Gasteiger partial charge in [-0.2, -0.15) is 21.6 Å². The highest BCUT2D eigenvalue weighted by molar-refractivity contribution is 7.93. The predicted molar refractivity (Wildman–Crippen MR) is 107 cm³/mol. The third-order valence-electron chi connectivity index (χ3n) is 4.20. The average molecular weight is 478 g/mol. The summed E-state index contributed by atoms with van der Waals surface area (Å²) in [6, 6.07) is 2.76. The first kappa shape index (κ1) is 22.9. The molecule has 31 heavy (non-hydrogen) atoms. The van der Waals surface area contributed by atoms with Gasteiger partial charge in [0, 0.05) is 19.3 Å². The van der Waals surface area contributed by atoms with Gasteiger partial charge in [-0.05, 0) is 37.5 Å². The third kappa shape index (κ3) is 5.10. The maximum atomic E-state index is 12.9. The largest absolute Gasteiger partial charge is 0.516 e. The van der Waals surface area contributed by atoms with Crippen molar-refractivity contribution in [2.75, 3.05) is 29.8 Å². The minimum absolute atomic E-state index is 0.0532. The van der Waals surface area contributed by atoms with Crippen LogP contribution in [-0.2, 0) is 21.2 Å². The summed E-state index contributed by atoms with van der Waals surface area (Å²) in [7, 11) is -3.92. The van der Waals surface area contributed by atoms with Crippen LogP contribution in [-0.4, -0.2) is 50.3 Å². The summed E-state index contributed by atoms with van der Waals surface area (Å²) >= 11 is 0.769. The quantitative estimate of drug-likeness (QED) is 0.495. The number of esters is 1. The van der Waals surface area contributed by atoms with Crippen molar-refractivity contribution in [2.24, 2.45) is 10.2 Å². The molecule has 3 rings (SSSR count). The number of rotatable bonds is 6. The molecule has 0 amide bonds. The number of nitrogens with zero attached hydrogens (tertiary/aromatic N) is 5. The first-order valence-electron chi connectivity index (χ1n) is 8.91. The van der Waals surface area contributed by atoms with Crippen molar-refractivity contribution in [1.29, 1.82) is 0 Å². The van der Waals surface area contributed by atoms with Crippen molar-refractivity contribution in [2.45, 2.75) is 25.3 Å². The molecule has 0 bridgehead atoms. The highest BCUT2D eigenvalue weighted by Gasteiger charge is 2.46. The van der Waals surface area contributed by atoms with Gasteiger partial charge in [-0.25, -0.2) is 4.79 Å². The molecule has 0 saturated heterocycles. The molecule has 168 valence electrons. The summed E-state index contributed by atoms with van der Waals surface area (Å²) in [6.07, 6.45) is 1.45. The highest BCUT2D eigenvalue weighted by atomic mass is 32.2. The van der Waals surface area contributed by atoms with Crippen molar-refractivity contribution < 1.29 is 31.1 Å². The van der Waals surface area contributed by atoms with Crippen LogP contribution in [0.2, 0.25) is 0 Å². The Labute approximate surface area is 179 Å². The van der Waals surface area contributed by atoms with Crippen LogP contribution in [0.25, 0.3) is 0 Å². The summed E-state index contributed by atoms with van der Waals surface area (Å²) in [5, 5.41) is 14.8. The number of aromatic nitrogens is 2. The smallest absolute Gasteiger partial charge is 0.461 e. The third-order valence-corrected chi connectivity index (χ3v) is 6.09. The number of anilines is 2. The lowest BCUT2D eigenvalue weighted by atomic mass is 10.0. The fourth-order valence-corrected chi connectivity index (χ4v) is 3.93. The monoisotopic (exact) mass is 478 g/mol. The molecule has 0 unspecified atom stereocenters. The molecule has 1 aliphatic rings. The predicted octanol–water partition coefficient (Wildman–Crippen LogP) is 3.77. The molecule has 0 radical (unpaired) electrons. The SMILES string of the molecule is CCOC(=O)c1nnc(N=Nc2cc3c(cc2NS(=O)(=O)C(F)(F)F)N(C)CCC3)s1. The minimum Gasteiger partial charge on any atom is -0.461 e. The molecule has 1 aromatic carbocycles. The van der Waals surface area contributed by atoms with E-state index in [9.17, 15) is 26.4 Å². The van der Waals surface area contributed by atoms with E-state index in [4.69, 9.17) is 4.74 Å². The molecule has 1 aliphatic heterocycles. The van der Waals surface area contributed by atoms with Gasteiger partial charge in [-0.1, -0.05) is 11.3 Å². The number of carbonyl (C=O) groups excluding carboxylic acids is 1. The zero-order valence-electron chi connectivity index (χ0n) is 16.3. The van der Waals surface area contributed by atoms with Crippen molar-refractivity contribution in [1.82, 2.24) is 10.2 Å². The standard InChI is InChI=1S/C16H17F3N6O4S2/c1-3-29-14(26)13-21-23-15(30-13)22-20-10-7-9-5-4-6-25(2)12(9)8-11(10)24-31(27,28)16(17,18)19/h7-8,24H,3-6H2,1-2H3. The summed E-state index contributed by atoms with van der Waals surface area (Å²) in [6.45, 7) is 2.43. The Bertz CT molecular complexity index is 1120. The minimum atomic E-state index is -5.67. The van der Waals surface area contributed by atoms with E-state index in [1.54, 1.807) is 14.0 Å². The Morgan fingerprint density at radius 1 is 1.32 bits per heavy atom. The number of alkyl halides is 3. The number of hydrogen-bond donors (Lipinski definition) is 1. The number of carbonyl (C=O) groups is 1. The lowest BCUT2D eigenvalue weighted by Gasteiger charge is -2.28. The molecule has 0 spiro atoms. The van der Waals surface area contributed by atoms with Crippen molar-refractivity contribution in [3.8, 4) is 0 Å². The van der Waals surface area contributed by atoms with E-state index in [-0.39, 0.29) is 28.1 Å². The van der Waals surface area contributed by atoms with Crippen LogP contribution in [0.15, 0.2) is 22.4 Å². The lowest BCUT2D eigenvalue weighted by Crippen LogP contribution is -2.30. The van der Waals surface area contributed by atoms with Gasteiger partial charge in [0.25, 0.3) is 5.13 Å². The van der Waals surface area contributed by atoms with E-state index in [2.05, 4.69) is 20.4 Å². The molecular formula is C16H17F3N6O4S2. The van der Waals surface area contributed by atoms with Gasteiger partial charge in [0.2, 0.25) is 5.01 Å². The Hall–Kier alpha value is -2.81. The number of fused-ring (bicyclic) bond motifs is 1. The highest BCUT2D eigenvalue weighted by Crippen LogP contribution is 2.39. The summed E-state index contributed by atoms with van der Waals surface area (Å²) in [4.78, 5) is 13.5. The van der Waals surface area contributed by atoms with Crippen LogP contribution in [0, 0.1) is 0 Å². The summed E-state index contributed by atoms with van der Waals surface area (Å²) in [5.41, 5.74) is -4.65. The van der Waals surface area contributed by atoms with E-state index >= 15 is 0 Å². The Kier molecular flexibility index (Phi) is 6.45. The molecule has 0 atom stereocenters. The molecule has 0 fully saturated rings. The van der Waals surface area contributed by atoms with Crippen LogP contribution in [0.3, 0.4) is 0 Å². The number of halogens is 3. The maximum Gasteiger partial charge on any atom is 0.516 e. The fraction of sp³-hybridized carbons (Fsp3) is 0.438. The molecule has 0 saturated carbocycles. The van der Waals surface area contributed by atoms with Crippen LogP contribution in [0.1, 0.15) is 28.7 Å². The molecule has 1 N–H and O–H groups in total. The number of ether oxygens (including phenoxy) is 1. The molecule has 0 aliphatic carbocycles. The second kappa shape index (κ2) is 8.74. The van der Waals surface area contributed by atoms with Gasteiger partial charge in [-0.15, -0.1) is 20.4 Å². The second-order valence-electron chi connectivity index (χ2n) is 6.38. The van der Waals surface area contributed by atoms with Crippen molar-refractivity contribution >= 4 is 49.5 Å². The second-order valence-corrected chi connectivity index (χ2v) is 9.01. The summed E-state index contributed by atoms with van der Waals surface area (Å²) in [5.74, 6) is -0.697. The van der Waals surface area contributed by atoms with Gasteiger partial charge >= 0.3 is 21.5 Å². The average Bonchev–Trinajstić information content (AvgIpc) is 3.15. The zero-order valence-corrected chi connectivity index (χ0v) is 17.9. The number of sulfonamides is 1. The summed E-state index contributed by atoms with van der Waals surface area (Å²) < 4.78 is 68.3.